The highest BCUT2D eigenvalue weighted by Gasteiger charge is 2.43. The van der Waals surface area contributed by atoms with Crippen molar-refractivity contribution in [3.05, 3.63) is 23.8 Å². The highest BCUT2D eigenvalue weighted by atomic mass is 16.5. The summed E-state index contributed by atoms with van der Waals surface area (Å²) in [5.74, 6) is 4.56. The number of rotatable bonds is 4. The van der Waals surface area contributed by atoms with E-state index in [0.717, 1.165) is 42.7 Å². The second-order valence-electron chi connectivity index (χ2n) is 6.64. The quantitative estimate of drug-likeness (QED) is 0.833. The van der Waals surface area contributed by atoms with Crippen LogP contribution in [-0.2, 0) is 5.41 Å². The van der Waals surface area contributed by atoms with Crippen LogP contribution in [0.5, 0.6) is 11.5 Å². The molecular weight excluding hydrogens is 300 g/mol. The minimum Gasteiger partial charge on any atom is -0.493 e. The zero-order valence-electron chi connectivity index (χ0n) is 14.9. The maximum absolute atomic E-state index is 6.23. The molecule has 2 fully saturated rings. The molecule has 4 N–H and O–H groups in total. The van der Waals surface area contributed by atoms with E-state index in [1.54, 1.807) is 7.11 Å². The number of benzene rings is 1. The van der Waals surface area contributed by atoms with E-state index in [0.29, 0.717) is 6.10 Å². The lowest BCUT2D eigenvalue weighted by molar-refractivity contribution is 0.149. The van der Waals surface area contributed by atoms with Crippen LogP contribution in [0.1, 0.15) is 50.5 Å². The smallest absolute Gasteiger partial charge is 0.161 e. The molecule has 0 aromatic heterocycles. The standard InChI is InChI=1S/C19H25NO2.CH5N/c1-3-19(12-15(20)13-19)14-9-10-17(21-2)18(11-14)22-16-7-5-4-6-8-16;1-2/h1,9-11,15-16H,4-8,12-13,20H2,2H3;2H2,1H3. The molecule has 2 aliphatic carbocycles. The van der Waals surface area contributed by atoms with E-state index in [9.17, 15) is 0 Å². The van der Waals surface area contributed by atoms with Gasteiger partial charge < -0.3 is 20.9 Å². The van der Waals surface area contributed by atoms with Crippen LogP contribution in [0.4, 0.5) is 0 Å². The predicted molar refractivity (Wildman–Crippen MR) is 98.3 cm³/mol. The van der Waals surface area contributed by atoms with Gasteiger partial charge in [-0.2, -0.15) is 0 Å². The fourth-order valence-corrected chi connectivity index (χ4v) is 3.70. The number of hydrogen-bond donors (Lipinski definition) is 2. The van der Waals surface area contributed by atoms with Gasteiger partial charge >= 0.3 is 0 Å². The van der Waals surface area contributed by atoms with Gasteiger partial charge in [-0.05, 0) is 63.3 Å². The van der Waals surface area contributed by atoms with Crippen LogP contribution in [0.2, 0.25) is 0 Å². The molecule has 1 aromatic rings. The molecule has 0 bridgehead atoms. The fourth-order valence-electron chi connectivity index (χ4n) is 3.70. The summed E-state index contributed by atoms with van der Waals surface area (Å²) < 4.78 is 11.7. The van der Waals surface area contributed by atoms with Gasteiger partial charge in [0.1, 0.15) is 0 Å². The summed E-state index contributed by atoms with van der Waals surface area (Å²) in [4.78, 5) is 0. The van der Waals surface area contributed by atoms with Crippen molar-refractivity contribution < 1.29 is 9.47 Å². The lowest BCUT2D eigenvalue weighted by Gasteiger charge is -2.43. The van der Waals surface area contributed by atoms with Crippen LogP contribution < -0.4 is 20.9 Å². The Hall–Kier alpha value is -1.70. The van der Waals surface area contributed by atoms with Crippen LogP contribution >= 0.6 is 0 Å². The molecule has 0 atom stereocenters. The van der Waals surface area contributed by atoms with E-state index in [1.165, 1.54) is 26.3 Å². The Morgan fingerprint density at radius 2 is 1.79 bits per heavy atom. The van der Waals surface area contributed by atoms with Crippen LogP contribution in [-0.4, -0.2) is 26.3 Å². The molecule has 0 saturated heterocycles. The summed E-state index contributed by atoms with van der Waals surface area (Å²) in [5, 5.41) is 0. The van der Waals surface area contributed by atoms with Crippen molar-refractivity contribution in [3.63, 3.8) is 0 Å². The summed E-state index contributed by atoms with van der Waals surface area (Å²) >= 11 is 0. The molecule has 0 unspecified atom stereocenters. The molecule has 24 heavy (non-hydrogen) atoms. The van der Waals surface area contributed by atoms with Crippen LogP contribution in [0, 0.1) is 12.3 Å². The second kappa shape index (κ2) is 8.41. The molecule has 2 saturated carbocycles. The van der Waals surface area contributed by atoms with Gasteiger partial charge in [0, 0.05) is 6.04 Å². The first-order chi connectivity index (χ1) is 11.7. The van der Waals surface area contributed by atoms with Crippen molar-refractivity contribution >= 4 is 0 Å². The van der Waals surface area contributed by atoms with Gasteiger partial charge in [-0.1, -0.05) is 18.4 Å². The van der Waals surface area contributed by atoms with Gasteiger partial charge in [0.05, 0.1) is 18.6 Å². The SMILES string of the molecule is C#CC1(c2ccc(OC)c(OC3CCCCC3)c2)CC(N)C1.CN. The van der Waals surface area contributed by atoms with Crippen LogP contribution in [0.3, 0.4) is 0 Å². The molecule has 3 rings (SSSR count). The first kappa shape index (κ1) is 18.6. The average Bonchev–Trinajstić information content (AvgIpc) is 2.61. The average molecular weight is 330 g/mol. The summed E-state index contributed by atoms with van der Waals surface area (Å²) in [7, 11) is 3.18. The van der Waals surface area contributed by atoms with Crippen molar-refractivity contribution in [2.24, 2.45) is 11.5 Å². The van der Waals surface area contributed by atoms with Gasteiger partial charge in [0.25, 0.3) is 0 Å². The molecule has 1 aromatic carbocycles. The van der Waals surface area contributed by atoms with E-state index in [4.69, 9.17) is 21.6 Å². The van der Waals surface area contributed by atoms with Gasteiger partial charge in [-0.15, -0.1) is 6.42 Å². The zero-order valence-corrected chi connectivity index (χ0v) is 14.9. The highest BCUT2D eigenvalue weighted by Crippen LogP contribution is 2.45. The first-order valence-electron chi connectivity index (χ1n) is 8.83. The third-order valence-corrected chi connectivity index (χ3v) is 5.06. The van der Waals surface area contributed by atoms with Crippen LogP contribution in [0.15, 0.2) is 18.2 Å². The van der Waals surface area contributed by atoms with E-state index < -0.39 is 0 Å². The maximum Gasteiger partial charge on any atom is 0.161 e. The highest BCUT2D eigenvalue weighted by molar-refractivity contribution is 5.49. The van der Waals surface area contributed by atoms with Crippen molar-refractivity contribution in [3.8, 4) is 23.8 Å². The topological polar surface area (TPSA) is 70.5 Å². The van der Waals surface area contributed by atoms with Crippen molar-refractivity contribution in [2.45, 2.75) is 62.5 Å². The number of ether oxygens (including phenoxy) is 2. The van der Waals surface area contributed by atoms with Crippen molar-refractivity contribution in [1.29, 1.82) is 0 Å². The summed E-state index contributed by atoms with van der Waals surface area (Å²) in [5.41, 5.74) is 11.4. The van der Waals surface area contributed by atoms with Crippen molar-refractivity contribution in [2.75, 3.05) is 14.2 Å². The Morgan fingerprint density at radius 3 is 2.33 bits per heavy atom. The monoisotopic (exact) mass is 330 g/mol. The number of terminal acetylenes is 1. The molecule has 0 aliphatic heterocycles. The third kappa shape index (κ3) is 3.85. The largest absolute Gasteiger partial charge is 0.493 e. The predicted octanol–water partition coefficient (Wildman–Crippen LogP) is 2.97. The van der Waals surface area contributed by atoms with E-state index in [1.807, 2.05) is 6.07 Å². The molecule has 0 amide bonds. The Labute approximate surface area is 145 Å². The van der Waals surface area contributed by atoms with Gasteiger partial charge in [-0.3, -0.25) is 0 Å². The van der Waals surface area contributed by atoms with Gasteiger partial charge in [0.15, 0.2) is 11.5 Å². The molecule has 2 aliphatic rings. The van der Waals surface area contributed by atoms with E-state index in [-0.39, 0.29) is 11.5 Å². The number of methoxy groups -OCH3 is 1. The Bertz CT molecular complexity index is 567. The molecule has 0 spiro atoms. The van der Waals surface area contributed by atoms with Crippen LogP contribution in [0.25, 0.3) is 0 Å². The molecule has 0 heterocycles. The maximum atomic E-state index is 6.23. The zero-order chi connectivity index (χ0) is 17.6. The Kier molecular flexibility index (Phi) is 6.53. The minimum absolute atomic E-state index is 0.209. The number of hydrogen-bond acceptors (Lipinski definition) is 4. The lowest BCUT2D eigenvalue weighted by Crippen LogP contribution is -2.48. The Morgan fingerprint density at radius 1 is 1.12 bits per heavy atom. The summed E-state index contributed by atoms with van der Waals surface area (Å²) in [6, 6.07) is 6.30. The second-order valence-corrected chi connectivity index (χ2v) is 6.64. The minimum atomic E-state index is -0.226. The van der Waals surface area contributed by atoms with E-state index in [2.05, 4.69) is 23.8 Å². The summed E-state index contributed by atoms with van der Waals surface area (Å²) in [6.45, 7) is 0. The molecule has 4 heteroatoms. The first-order valence-corrected chi connectivity index (χ1v) is 8.83. The van der Waals surface area contributed by atoms with E-state index >= 15 is 0 Å². The molecule has 4 nitrogen and oxygen atoms in total. The fraction of sp³-hybridized carbons (Fsp3) is 0.600. The third-order valence-electron chi connectivity index (χ3n) is 5.06. The van der Waals surface area contributed by atoms with Crippen molar-refractivity contribution in [1.82, 2.24) is 0 Å². The summed E-state index contributed by atoms with van der Waals surface area (Å²) in [6.07, 6.45) is 13.8. The lowest BCUT2D eigenvalue weighted by atomic mass is 9.62. The molecule has 132 valence electrons. The normalized spacial score (nSPS) is 26.4. The Balaban J connectivity index is 0.00000100. The number of nitrogens with two attached hydrogens (primary N) is 2. The van der Waals surface area contributed by atoms with Gasteiger partial charge in [0.2, 0.25) is 0 Å². The molecule has 0 radical (unpaired) electrons. The molecular formula is C20H30N2O2. The van der Waals surface area contributed by atoms with Gasteiger partial charge in [-0.25, -0.2) is 0 Å².